The molecule has 1 aromatic heterocycles. The second kappa shape index (κ2) is 7.23. The fraction of sp³-hybridized carbons (Fsp3) is 0.222. The van der Waals surface area contributed by atoms with Crippen LogP contribution < -0.4 is 4.74 Å². The monoisotopic (exact) mass is 327 g/mol. The van der Waals surface area contributed by atoms with E-state index in [1.54, 1.807) is 19.2 Å². The zero-order valence-electron chi connectivity index (χ0n) is 13.6. The molecule has 0 atom stereocenters. The van der Waals surface area contributed by atoms with Crippen LogP contribution in [0.4, 0.5) is 4.39 Å². The highest BCUT2D eigenvalue weighted by molar-refractivity contribution is 5.53. The van der Waals surface area contributed by atoms with E-state index in [0.717, 1.165) is 11.3 Å². The first-order valence-corrected chi connectivity index (χ1v) is 7.54. The van der Waals surface area contributed by atoms with E-state index in [2.05, 4.69) is 10.2 Å². The minimum Gasteiger partial charge on any atom is -0.497 e. The topological polar surface area (TPSA) is 51.4 Å². The van der Waals surface area contributed by atoms with Gasteiger partial charge in [-0.05, 0) is 37.4 Å². The molecule has 0 amide bonds. The number of halogens is 1. The fourth-order valence-electron chi connectivity index (χ4n) is 2.37. The number of hydrogen-bond donors (Lipinski definition) is 0. The van der Waals surface area contributed by atoms with Crippen molar-refractivity contribution in [2.45, 2.75) is 13.1 Å². The second-order valence-corrected chi connectivity index (χ2v) is 5.49. The molecular formula is C18H18FN3O2. The van der Waals surface area contributed by atoms with Gasteiger partial charge in [-0.25, -0.2) is 4.39 Å². The first-order chi connectivity index (χ1) is 11.7. The maximum atomic E-state index is 13.7. The summed E-state index contributed by atoms with van der Waals surface area (Å²) in [5, 5.41) is 8.12. The number of methoxy groups -OCH3 is 1. The Balaban J connectivity index is 1.66. The molecule has 0 radical (unpaired) electrons. The minimum atomic E-state index is -0.214. The molecule has 3 rings (SSSR count). The molecule has 0 spiro atoms. The van der Waals surface area contributed by atoms with Gasteiger partial charge in [0.15, 0.2) is 0 Å². The van der Waals surface area contributed by atoms with Gasteiger partial charge in [0.2, 0.25) is 11.8 Å². The highest BCUT2D eigenvalue weighted by atomic mass is 19.1. The van der Waals surface area contributed by atoms with Crippen LogP contribution in [0.25, 0.3) is 11.5 Å². The van der Waals surface area contributed by atoms with E-state index >= 15 is 0 Å². The quantitative estimate of drug-likeness (QED) is 0.693. The Hall–Kier alpha value is -2.73. The predicted molar refractivity (Wildman–Crippen MR) is 87.9 cm³/mol. The molecular weight excluding hydrogens is 309 g/mol. The molecule has 124 valence electrons. The Bertz CT molecular complexity index is 802. The number of hydrogen-bond acceptors (Lipinski definition) is 5. The van der Waals surface area contributed by atoms with Gasteiger partial charge in [-0.15, -0.1) is 10.2 Å². The standard InChI is InChI=1S/C18H18FN3O2/c1-22(11-14-5-3-4-6-16(14)19)12-17-20-21-18(24-17)13-7-9-15(23-2)10-8-13/h3-10H,11-12H2,1-2H3. The zero-order chi connectivity index (χ0) is 16.9. The number of rotatable bonds is 6. The summed E-state index contributed by atoms with van der Waals surface area (Å²) < 4.78 is 24.5. The summed E-state index contributed by atoms with van der Waals surface area (Å²) in [5.74, 6) is 1.49. The van der Waals surface area contributed by atoms with Crippen LogP contribution in [0.15, 0.2) is 52.9 Å². The Kier molecular flexibility index (Phi) is 4.86. The van der Waals surface area contributed by atoms with Crippen molar-refractivity contribution in [3.8, 4) is 17.2 Å². The summed E-state index contributed by atoms with van der Waals surface area (Å²) in [6, 6.07) is 14.1. The van der Waals surface area contributed by atoms with Crippen LogP contribution in [0, 0.1) is 5.82 Å². The first kappa shape index (κ1) is 16.1. The van der Waals surface area contributed by atoms with Gasteiger partial charge in [0.05, 0.1) is 13.7 Å². The van der Waals surface area contributed by atoms with E-state index < -0.39 is 0 Å². The molecule has 0 saturated carbocycles. The third-order valence-corrected chi connectivity index (χ3v) is 3.61. The van der Waals surface area contributed by atoms with Gasteiger partial charge in [0.1, 0.15) is 11.6 Å². The summed E-state index contributed by atoms with van der Waals surface area (Å²) in [7, 11) is 3.49. The molecule has 5 nitrogen and oxygen atoms in total. The Labute approximate surface area is 139 Å². The van der Waals surface area contributed by atoms with Crippen molar-refractivity contribution in [3.63, 3.8) is 0 Å². The average Bonchev–Trinajstić information content (AvgIpc) is 3.05. The molecule has 2 aromatic carbocycles. The maximum Gasteiger partial charge on any atom is 0.247 e. The molecule has 0 aliphatic heterocycles. The predicted octanol–water partition coefficient (Wildman–Crippen LogP) is 3.52. The number of ether oxygens (including phenoxy) is 1. The van der Waals surface area contributed by atoms with Crippen LogP contribution in [0.5, 0.6) is 5.75 Å². The molecule has 0 unspecified atom stereocenters. The molecule has 6 heteroatoms. The van der Waals surface area contributed by atoms with E-state index in [4.69, 9.17) is 9.15 Å². The van der Waals surface area contributed by atoms with E-state index in [-0.39, 0.29) is 5.82 Å². The summed E-state index contributed by atoms with van der Waals surface area (Å²) in [5.41, 5.74) is 1.46. The second-order valence-electron chi connectivity index (χ2n) is 5.49. The summed E-state index contributed by atoms with van der Waals surface area (Å²) in [6.45, 7) is 0.907. The van der Waals surface area contributed by atoms with Gasteiger partial charge in [-0.2, -0.15) is 0 Å². The van der Waals surface area contributed by atoms with Crippen molar-refractivity contribution in [1.29, 1.82) is 0 Å². The zero-order valence-corrected chi connectivity index (χ0v) is 13.6. The Morgan fingerprint density at radius 2 is 1.79 bits per heavy atom. The van der Waals surface area contributed by atoms with Crippen LogP contribution in [-0.4, -0.2) is 29.3 Å². The van der Waals surface area contributed by atoms with Gasteiger partial charge in [-0.3, -0.25) is 4.90 Å². The number of aromatic nitrogens is 2. The molecule has 0 N–H and O–H groups in total. The van der Waals surface area contributed by atoms with Gasteiger partial charge in [-0.1, -0.05) is 18.2 Å². The molecule has 0 aliphatic rings. The highest BCUT2D eigenvalue weighted by Crippen LogP contribution is 2.21. The summed E-state index contributed by atoms with van der Waals surface area (Å²) >= 11 is 0. The van der Waals surface area contributed by atoms with E-state index in [0.29, 0.717) is 30.4 Å². The van der Waals surface area contributed by atoms with Crippen molar-refractivity contribution >= 4 is 0 Å². The summed E-state index contributed by atoms with van der Waals surface area (Å²) in [6.07, 6.45) is 0. The largest absolute Gasteiger partial charge is 0.497 e. The summed E-state index contributed by atoms with van der Waals surface area (Å²) in [4.78, 5) is 1.92. The SMILES string of the molecule is COc1ccc(-c2nnc(CN(C)Cc3ccccc3F)o2)cc1. The average molecular weight is 327 g/mol. The molecule has 0 aliphatic carbocycles. The van der Waals surface area contributed by atoms with Crippen molar-refractivity contribution in [2.75, 3.05) is 14.2 Å². The molecule has 1 heterocycles. The van der Waals surface area contributed by atoms with Gasteiger partial charge < -0.3 is 9.15 Å². The first-order valence-electron chi connectivity index (χ1n) is 7.54. The van der Waals surface area contributed by atoms with Crippen LogP contribution >= 0.6 is 0 Å². The van der Waals surface area contributed by atoms with Crippen LogP contribution in [-0.2, 0) is 13.1 Å². The Morgan fingerprint density at radius 1 is 1.04 bits per heavy atom. The highest BCUT2D eigenvalue weighted by Gasteiger charge is 2.12. The van der Waals surface area contributed by atoms with Crippen LogP contribution in [0.3, 0.4) is 0 Å². The molecule has 0 saturated heterocycles. The van der Waals surface area contributed by atoms with E-state index in [1.165, 1.54) is 6.07 Å². The van der Waals surface area contributed by atoms with E-state index in [1.807, 2.05) is 42.3 Å². The van der Waals surface area contributed by atoms with Crippen LogP contribution in [0.1, 0.15) is 11.5 Å². The fourth-order valence-corrected chi connectivity index (χ4v) is 2.37. The lowest BCUT2D eigenvalue weighted by Crippen LogP contribution is -2.18. The van der Waals surface area contributed by atoms with Gasteiger partial charge in [0, 0.05) is 17.7 Å². The Morgan fingerprint density at radius 3 is 2.50 bits per heavy atom. The number of benzene rings is 2. The van der Waals surface area contributed by atoms with Crippen molar-refractivity contribution < 1.29 is 13.5 Å². The molecule has 0 bridgehead atoms. The van der Waals surface area contributed by atoms with Crippen molar-refractivity contribution in [2.24, 2.45) is 0 Å². The lowest BCUT2D eigenvalue weighted by molar-refractivity contribution is 0.279. The van der Waals surface area contributed by atoms with Gasteiger partial charge >= 0.3 is 0 Å². The molecule has 0 fully saturated rings. The maximum absolute atomic E-state index is 13.7. The lowest BCUT2D eigenvalue weighted by atomic mass is 10.2. The van der Waals surface area contributed by atoms with Crippen molar-refractivity contribution in [1.82, 2.24) is 15.1 Å². The van der Waals surface area contributed by atoms with Crippen molar-refractivity contribution in [3.05, 3.63) is 65.8 Å². The van der Waals surface area contributed by atoms with E-state index in [9.17, 15) is 4.39 Å². The molecule has 3 aromatic rings. The third kappa shape index (κ3) is 3.78. The van der Waals surface area contributed by atoms with Crippen LogP contribution in [0.2, 0.25) is 0 Å². The lowest BCUT2D eigenvalue weighted by Gasteiger charge is -2.14. The smallest absolute Gasteiger partial charge is 0.247 e. The third-order valence-electron chi connectivity index (χ3n) is 3.61. The molecule has 24 heavy (non-hydrogen) atoms. The minimum absolute atomic E-state index is 0.214. The number of nitrogens with zero attached hydrogens (tertiary/aromatic N) is 3. The normalized spacial score (nSPS) is 11.0. The van der Waals surface area contributed by atoms with Gasteiger partial charge in [0.25, 0.3) is 0 Å².